The molecule has 0 bridgehead atoms. The standard InChI is InChI=1S/C19H23F2N3O2S/c1-24(2)16(13-8-10-14(26-3)11-9-13)12-22-19(25)23-15-6-4-5-7-17(15)27-18(20)21/h4-11,16,18H,12H2,1-3H3,(H2,22,23,25). The monoisotopic (exact) mass is 395 g/mol. The fourth-order valence-electron chi connectivity index (χ4n) is 2.55. The predicted molar refractivity (Wildman–Crippen MR) is 105 cm³/mol. The van der Waals surface area contributed by atoms with Gasteiger partial charge in [0.1, 0.15) is 5.75 Å². The van der Waals surface area contributed by atoms with Crippen LogP contribution >= 0.6 is 11.8 Å². The molecule has 0 spiro atoms. The molecule has 0 aliphatic rings. The number of para-hydroxylation sites is 1. The first kappa shape index (κ1) is 21.0. The maximum atomic E-state index is 12.6. The Hall–Kier alpha value is -2.32. The minimum absolute atomic E-state index is 0.0488. The highest BCUT2D eigenvalue weighted by Gasteiger charge is 2.16. The molecule has 0 saturated carbocycles. The Morgan fingerprint density at radius 1 is 1.15 bits per heavy atom. The van der Waals surface area contributed by atoms with Gasteiger partial charge >= 0.3 is 6.03 Å². The zero-order valence-electron chi connectivity index (χ0n) is 15.4. The third kappa shape index (κ3) is 6.41. The predicted octanol–water partition coefficient (Wildman–Crippen LogP) is 4.43. The molecular weight excluding hydrogens is 372 g/mol. The summed E-state index contributed by atoms with van der Waals surface area (Å²) in [5, 5.41) is 5.44. The number of nitrogens with one attached hydrogen (secondary N) is 2. The summed E-state index contributed by atoms with van der Waals surface area (Å²) >= 11 is 0.401. The molecule has 0 saturated heterocycles. The van der Waals surface area contributed by atoms with Crippen LogP contribution in [0.5, 0.6) is 5.75 Å². The molecule has 2 N–H and O–H groups in total. The van der Waals surface area contributed by atoms with Crippen molar-refractivity contribution in [3.63, 3.8) is 0 Å². The minimum atomic E-state index is -2.55. The number of thioether (sulfide) groups is 1. The Labute approximate surface area is 162 Å². The number of amides is 2. The number of carbonyl (C=O) groups is 1. The number of nitrogens with zero attached hydrogens (tertiary/aromatic N) is 1. The molecular formula is C19H23F2N3O2S. The summed E-state index contributed by atoms with van der Waals surface area (Å²) < 4.78 is 30.4. The number of hydrogen-bond donors (Lipinski definition) is 2. The zero-order valence-corrected chi connectivity index (χ0v) is 16.2. The van der Waals surface area contributed by atoms with Crippen LogP contribution in [-0.4, -0.2) is 44.4 Å². The van der Waals surface area contributed by atoms with Crippen LogP contribution in [0.15, 0.2) is 53.4 Å². The van der Waals surface area contributed by atoms with Crippen molar-refractivity contribution in [3.05, 3.63) is 54.1 Å². The van der Waals surface area contributed by atoms with Gasteiger partial charge in [0.05, 0.1) is 18.8 Å². The summed E-state index contributed by atoms with van der Waals surface area (Å²) in [6.45, 7) is 0.356. The Morgan fingerprint density at radius 3 is 2.41 bits per heavy atom. The smallest absolute Gasteiger partial charge is 0.319 e. The summed E-state index contributed by atoms with van der Waals surface area (Å²) in [5.74, 6) is -1.79. The van der Waals surface area contributed by atoms with Gasteiger partial charge in [-0.1, -0.05) is 36.0 Å². The van der Waals surface area contributed by atoms with Crippen LogP contribution < -0.4 is 15.4 Å². The molecule has 0 heterocycles. The second-order valence-electron chi connectivity index (χ2n) is 5.96. The fraction of sp³-hybridized carbons (Fsp3) is 0.316. The number of benzene rings is 2. The zero-order chi connectivity index (χ0) is 19.8. The van der Waals surface area contributed by atoms with Crippen LogP contribution in [0.25, 0.3) is 0 Å². The van der Waals surface area contributed by atoms with Gasteiger partial charge in [-0.2, -0.15) is 8.78 Å². The van der Waals surface area contributed by atoms with Gasteiger partial charge < -0.3 is 20.3 Å². The molecule has 0 aliphatic heterocycles. The van der Waals surface area contributed by atoms with Crippen LogP contribution in [0.1, 0.15) is 11.6 Å². The Kier molecular flexibility index (Phi) is 7.87. The van der Waals surface area contributed by atoms with Gasteiger partial charge in [-0.15, -0.1) is 0 Å². The van der Waals surface area contributed by atoms with E-state index >= 15 is 0 Å². The van der Waals surface area contributed by atoms with Crippen molar-refractivity contribution >= 4 is 23.5 Å². The molecule has 2 aromatic carbocycles. The van der Waals surface area contributed by atoms with Gasteiger partial charge in [0, 0.05) is 11.4 Å². The lowest BCUT2D eigenvalue weighted by Crippen LogP contribution is -2.37. The number of rotatable bonds is 8. The number of anilines is 1. The van der Waals surface area contributed by atoms with Crippen molar-refractivity contribution in [3.8, 4) is 5.75 Å². The minimum Gasteiger partial charge on any atom is -0.497 e. The molecule has 1 atom stereocenters. The average Bonchev–Trinajstić information content (AvgIpc) is 2.63. The van der Waals surface area contributed by atoms with Crippen LogP contribution in [0.3, 0.4) is 0 Å². The molecule has 27 heavy (non-hydrogen) atoms. The highest BCUT2D eigenvalue weighted by atomic mass is 32.2. The van der Waals surface area contributed by atoms with Gasteiger partial charge in [0.25, 0.3) is 5.76 Å². The van der Waals surface area contributed by atoms with E-state index in [0.29, 0.717) is 28.9 Å². The SMILES string of the molecule is COc1ccc(C(CNC(=O)Nc2ccccc2SC(F)F)N(C)C)cc1. The summed E-state index contributed by atoms with van der Waals surface area (Å²) in [6.07, 6.45) is 0. The summed E-state index contributed by atoms with van der Waals surface area (Å²) in [5.41, 5.74) is 1.38. The van der Waals surface area contributed by atoms with Crippen LogP contribution in [-0.2, 0) is 0 Å². The van der Waals surface area contributed by atoms with E-state index in [1.807, 2.05) is 43.3 Å². The van der Waals surface area contributed by atoms with E-state index in [4.69, 9.17) is 4.74 Å². The summed E-state index contributed by atoms with van der Waals surface area (Å²) in [6, 6.07) is 13.6. The number of alkyl halides is 2. The first-order valence-electron chi connectivity index (χ1n) is 8.29. The average molecular weight is 395 g/mol. The van der Waals surface area contributed by atoms with Gasteiger partial charge in [-0.3, -0.25) is 0 Å². The van der Waals surface area contributed by atoms with Crippen molar-refractivity contribution in [1.29, 1.82) is 0 Å². The van der Waals surface area contributed by atoms with Gasteiger partial charge in [-0.05, 0) is 43.9 Å². The highest BCUT2D eigenvalue weighted by Crippen LogP contribution is 2.31. The van der Waals surface area contributed by atoms with E-state index in [9.17, 15) is 13.6 Å². The molecule has 0 radical (unpaired) electrons. The number of methoxy groups -OCH3 is 1. The first-order valence-corrected chi connectivity index (χ1v) is 9.17. The van der Waals surface area contributed by atoms with Gasteiger partial charge in [0.15, 0.2) is 0 Å². The molecule has 146 valence electrons. The summed E-state index contributed by atoms with van der Waals surface area (Å²) in [7, 11) is 5.45. The lowest BCUT2D eigenvalue weighted by atomic mass is 10.1. The Morgan fingerprint density at radius 2 is 1.81 bits per heavy atom. The molecule has 2 rings (SSSR count). The largest absolute Gasteiger partial charge is 0.497 e. The van der Waals surface area contributed by atoms with E-state index in [-0.39, 0.29) is 6.04 Å². The van der Waals surface area contributed by atoms with Gasteiger partial charge in [-0.25, -0.2) is 4.79 Å². The molecule has 0 aromatic heterocycles. The van der Waals surface area contributed by atoms with Crippen molar-refractivity contribution in [2.24, 2.45) is 0 Å². The molecule has 1 unspecified atom stereocenters. The second-order valence-corrected chi connectivity index (χ2v) is 6.99. The van der Waals surface area contributed by atoms with Crippen LogP contribution in [0.2, 0.25) is 0 Å². The van der Waals surface area contributed by atoms with Crippen LogP contribution in [0, 0.1) is 0 Å². The number of carbonyl (C=O) groups excluding carboxylic acids is 1. The van der Waals surface area contributed by atoms with E-state index in [0.717, 1.165) is 11.3 Å². The third-order valence-electron chi connectivity index (χ3n) is 3.93. The third-order valence-corrected chi connectivity index (χ3v) is 4.72. The molecule has 0 aliphatic carbocycles. The fourth-order valence-corrected chi connectivity index (χ4v) is 3.14. The lowest BCUT2D eigenvalue weighted by molar-refractivity contribution is 0.243. The molecule has 2 aromatic rings. The molecule has 5 nitrogen and oxygen atoms in total. The van der Waals surface area contributed by atoms with Crippen molar-refractivity contribution in [2.45, 2.75) is 16.7 Å². The maximum absolute atomic E-state index is 12.6. The number of hydrogen-bond acceptors (Lipinski definition) is 4. The maximum Gasteiger partial charge on any atom is 0.319 e. The first-order chi connectivity index (χ1) is 12.9. The lowest BCUT2D eigenvalue weighted by Gasteiger charge is -2.25. The number of halogens is 2. The topological polar surface area (TPSA) is 53.6 Å². The van der Waals surface area contributed by atoms with E-state index in [1.165, 1.54) is 0 Å². The Bertz CT molecular complexity index is 742. The number of urea groups is 1. The van der Waals surface area contributed by atoms with E-state index < -0.39 is 11.8 Å². The molecule has 8 heteroatoms. The van der Waals surface area contributed by atoms with Crippen molar-refractivity contribution in [2.75, 3.05) is 33.1 Å². The molecule has 0 fully saturated rings. The Balaban J connectivity index is 2.00. The number of likely N-dealkylation sites (N-methyl/N-ethyl adjacent to an activating group) is 1. The molecule has 2 amide bonds. The summed E-state index contributed by atoms with van der Waals surface area (Å²) in [4.78, 5) is 14.6. The van der Waals surface area contributed by atoms with E-state index in [1.54, 1.807) is 31.4 Å². The van der Waals surface area contributed by atoms with E-state index in [2.05, 4.69) is 10.6 Å². The van der Waals surface area contributed by atoms with Gasteiger partial charge in [0.2, 0.25) is 0 Å². The van der Waals surface area contributed by atoms with Crippen LogP contribution in [0.4, 0.5) is 19.3 Å². The second kappa shape index (κ2) is 10.1. The normalized spacial score (nSPS) is 12.1. The highest BCUT2D eigenvalue weighted by molar-refractivity contribution is 7.99. The van der Waals surface area contributed by atoms with Crippen molar-refractivity contribution < 1.29 is 18.3 Å². The van der Waals surface area contributed by atoms with Crippen molar-refractivity contribution in [1.82, 2.24) is 10.2 Å². The quantitative estimate of drug-likeness (QED) is 0.649. The number of ether oxygens (including phenoxy) is 1.